The molecule has 0 amide bonds. The van der Waals surface area contributed by atoms with Crippen molar-refractivity contribution in [3.8, 4) is 0 Å². The Morgan fingerprint density at radius 2 is 2.31 bits per heavy atom. The molecule has 1 fully saturated rings. The zero-order valence-corrected chi connectivity index (χ0v) is 8.87. The molecule has 70 valence electrons. The largest absolute Gasteiger partial charge is 0.305 e. The second-order valence-corrected chi connectivity index (χ2v) is 4.71. The van der Waals surface area contributed by atoms with E-state index in [1.54, 1.807) is 0 Å². The average molecular weight is 214 g/mol. The van der Waals surface area contributed by atoms with Crippen LogP contribution in [0, 0.1) is 0 Å². The molecule has 0 atom stereocenters. The van der Waals surface area contributed by atoms with Crippen molar-refractivity contribution >= 4 is 23.4 Å². The van der Waals surface area contributed by atoms with E-state index in [4.69, 9.17) is 11.6 Å². The van der Waals surface area contributed by atoms with Gasteiger partial charge in [0.1, 0.15) is 0 Å². The minimum Gasteiger partial charge on any atom is -0.305 e. The molecule has 0 heterocycles. The van der Waals surface area contributed by atoms with Crippen LogP contribution in [-0.4, -0.2) is 11.9 Å². The summed E-state index contributed by atoms with van der Waals surface area (Å²) in [7, 11) is 0. The van der Waals surface area contributed by atoms with Gasteiger partial charge in [-0.3, -0.25) is 0 Å². The van der Waals surface area contributed by atoms with Gasteiger partial charge in [0, 0.05) is 21.8 Å². The zero-order valence-electron chi connectivity index (χ0n) is 7.29. The summed E-state index contributed by atoms with van der Waals surface area (Å²) < 4.78 is 0. The highest BCUT2D eigenvalue weighted by Gasteiger charge is 2.19. The fourth-order valence-electron chi connectivity index (χ4n) is 1.09. The number of rotatable bonds is 4. The number of nitrogens with one attached hydrogen (secondary N) is 1. The van der Waals surface area contributed by atoms with Crippen molar-refractivity contribution in [1.82, 2.24) is 5.32 Å². The number of hydrogen-bond donors (Lipinski definition) is 1. The van der Waals surface area contributed by atoms with Gasteiger partial charge in [-0.15, -0.1) is 11.8 Å². The van der Waals surface area contributed by atoms with Crippen molar-refractivity contribution in [3.63, 3.8) is 0 Å². The Morgan fingerprint density at radius 1 is 1.46 bits per heavy atom. The van der Waals surface area contributed by atoms with Crippen LogP contribution in [0.3, 0.4) is 0 Å². The van der Waals surface area contributed by atoms with Crippen LogP contribution in [0.25, 0.3) is 0 Å². The van der Waals surface area contributed by atoms with E-state index in [0.29, 0.717) is 0 Å². The molecule has 1 aromatic rings. The smallest absolute Gasteiger partial charge is 0.0467 e. The third-order valence-corrected chi connectivity index (χ3v) is 3.12. The van der Waals surface area contributed by atoms with Crippen LogP contribution in [0.5, 0.6) is 0 Å². The lowest BCUT2D eigenvalue weighted by molar-refractivity contribution is 0.789. The maximum Gasteiger partial charge on any atom is 0.0467 e. The van der Waals surface area contributed by atoms with Gasteiger partial charge in [-0.05, 0) is 31.0 Å². The summed E-state index contributed by atoms with van der Waals surface area (Å²) in [6.45, 7) is 0. The molecule has 0 radical (unpaired) electrons. The van der Waals surface area contributed by atoms with Crippen LogP contribution < -0.4 is 5.32 Å². The van der Waals surface area contributed by atoms with Crippen LogP contribution in [0.2, 0.25) is 5.02 Å². The molecule has 1 aromatic carbocycles. The number of thioether (sulfide) groups is 1. The van der Waals surface area contributed by atoms with E-state index in [-0.39, 0.29) is 0 Å². The third kappa shape index (κ3) is 3.22. The third-order valence-electron chi connectivity index (χ3n) is 1.98. The predicted octanol–water partition coefficient (Wildman–Crippen LogP) is 3.14. The monoisotopic (exact) mass is 213 g/mol. The summed E-state index contributed by atoms with van der Waals surface area (Å²) in [6, 6.07) is 8.76. The quantitative estimate of drug-likeness (QED) is 0.609. The molecule has 0 bridgehead atoms. The number of halogens is 1. The first-order valence-corrected chi connectivity index (χ1v) is 5.83. The lowest BCUT2D eigenvalue weighted by Gasteiger charge is -2.02. The molecule has 0 aromatic heterocycles. The first-order valence-electron chi connectivity index (χ1n) is 4.46. The fourth-order valence-corrected chi connectivity index (χ4v) is 2.21. The molecular formula is C10H12ClNS. The van der Waals surface area contributed by atoms with Gasteiger partial charge >= 0.3 is 0 Å². The second kappa shape index (κ2) is 4.36. The summed E-state index contributed by atoms with van der Waals surface area (Å²) in [4.78, 5) is 1.24. The molecule has 0 spiro atoms. The first-order chi connectivity index (χ1) is 6.34. The van der Waals surface area contributed by atoms with Crippen LogP contribution in [0.4, 0.5) is 0 Å². The van der Waals surface area contributed by atoms with Gasteiger partial charge in [0.2, 0.25) is 0 Å². The minimum absolute atomic E-state index is 0.784. The lowest BCUT2D eigenvalue weighted by Crippen LogP contribution is -2.14. The Morgan fingerprint density at radius 3 is 3.00 bits per heavy atom. The Labute approximate surface area is 87.9 Å². The van der Waals surface area contributed by atoms with E-state index < -0.39 is 0 Å². The number of benzene rings is 1. The van der Waals surface area contributed by atoms with Gasteiger partial charge in [0.15, 0.2) is 0 Å². The van der Waals surface area contributed by atoms with Crippen molar-refractivity contribution in [1.29, 1.82) is 0 Å². The van der Waals surface area contributed by atoms with Gasteiger partial charge in [-0.25, -0.2) is 0 Å². The van der Waals surface area contributed by atoms with Crippen LogP contribution in [0.15, 0.2) is 29.2 Å². The molecule has 2 rings (SSSR count). The SMILES string of the molecule is Clc1cccc(SCNC2CC2)c1. The molecule has 1 saturated carbocycles. The van der Waals surface area contributed by atoms with E-state index >= 15 is 0 Å². The average Bonchev–Trinajstić information content (AvgIpc) is 2.88. The standard InChI is InChI=1S/C10H12ClNS/c11-8-2-1-3-10(6-8)13-7-12-9-4-5-9/h1-3,6,9,12H,4-5,7H2. The summed E-state index contributed by atoms with van der Waals surface area (Å²) in [5.74, 6) is 0.991. The van der Waals surface area contributed by atoms with E-state index in [2.05, 4.69) is 11.4 Å². The molecular weight excluding hydrogens is 202 g/mol. The molecule has 1 N–H and O–H groups in total. The van der Waals surface area contributed by atoms with Crippen LogP contribution in [0.1, 0.15) is 12.8 Å². The van der Waals surface area contributed by atoms with Crippen molar-refractivity contribution in [3.05, 3.63) is 29.3 Å². The van der Waals surface area contributed by atoms with Crippen LogP contribution >= 0.6 is 23.4 Å². The summed E-state index contributed by atoms with van der Waals surface area (Å²) in [5, 5.41) is 4.26. The Kier molecular flexibility index (Phi) is 3.14. The number of hydrogen-bond acceptors (Lipinski definition) is 2. The van der Waals surface area contributed by atoms with E-state index in [0.717, 1.165) is 16.9 Å². The normalized spacial score (nSPS) is 16.1. The summed E-state index contributed by atoms with van der Waals surface area (Å²) in [5.41, 5.74) is 0. The van der Waals surface area contributed by atoms with Crippen molar-refractivity contribution in [2.24, 2.45) is 0 Å². The van der Waals surface area contributed by atoms with Gasteiger partial charge < -0.3 is 5.32 Å². The van der Waals surface area contributed by atoms with E-state index in [1.165, 1.54) is 17.7 Å². The van der Waals surface area contributed by atoms with Gasteiger partial charge in [0.05, 0.1) is 0 Å². The van der Waals surface area contributed by atoms with Crippen LogP contribution in [-0.2, 0) is 0 Å². The molecule has 0 saturated heterocycles. The first kappa shape index (κ1) is 9.38. The Hall–Kier alpha value is -0.180. The Balaban J connectivity index is 1.79. The van der Waals surface area contributed by atoms with Gasteiger partial charge in [0.25, 0.3) is 0 Å². The second-order valence-electron chi connectivity index (χ2n) is 3.22. The molecule has 1 aliphatic rings. The van der Waals surface area contributed by atoms with Gasteiger partial charge in [-0.1, -0.05) is 17.7 Å². The molecule has 0 unspecified atom stereocenters. The highest BCUT2D eigenvalue weighted by Crippen LogP contribution is 2.23. The van der Waals surface area contributed by atoms with E-state index in [1.807, 2.05) is 30.0 Å². The maximum absolute atomic E-state index is 5.86. The van der Waals surface area contributed by atoms with Crippen molar-refractivity contribution in [2.75, 3.05) is 5.88 Å². The van der Waals surface area contributed by atoms with E-state index in [9.17, 15) is 0 Å². The maximum atomic E-state index is 5.86. The zero-order chi connectivity index (χ0) is 9.10. The molecule has 1 nitrogen and oxygen atoms in total. The summed E-state index contributed by atoms with van der Waals surface area (Å²) in [6.07, 6.45) is 2.69. The summed E-state index contributed by atoms with van der Waals surface area (Å²) >= 11 is 7.67. The minimum atomic E-state index is 0.784. The molecule has 1 aliphatic carbocycles. The van der Waals surface area contributed by atoms with Crippen molar-refractivity contribution < 1.29 is 0 Å². The highest BCUT2D eigenvalue weighted by molar-refractivity contribution is 7.99. The molecule has 13 heavy (non-hydrogen) atoms. The Bertz CT molecular complexity index is 286. The molecule has 3 heteroatoms. The topological polar surface area (TPSA) is 12.0 Å². The predicted molar refractivity (Wildman–Crippen MR) is 58.3 cm³/mol. The lowest BCUT2D eigenvalue weighted by atomic mass is 10.4. The fraction of sp³-hybridized carbons (Fsp3) is 0.400. The van der Waals surface area contributed by atoms with Gasteiger partial charge in [-0.2, -0.15) is 0 Å². The highest BCUT2D eigenvalue weighted by atomic mass is 35.5. The molecule has 0 aliphatic heterocycles. The van der Waals surface area contributed by atoms with Crippen molar-refractivity contribution in [2.45, 2.75) is 23.8 Å².